The molecular formula is C28H24N2O6. The standard InChI is InChI=1S/C28H24N2O6/c1-11-5-15-13-7-21(35-3)19(31)9-17(13)29-25(15)27(33)23(11)24-12(2)6-16-14-8-22(36-4)20(32)10-18(14)30-26(16)28(24)34/h5-10,29-34H,1-4H3. The minimum atomic E-state index is -0.00664. The number of aromatic amines is 2. The highest BCUT2D eigenvalue weighted by molar-refractivity contribution is 6.15. The van der Waals surface area contributed by atoms with Crippen LogP contribution < -0.4 is 9.47 Å². The number of hydrogen-bond donors (Lipinski definition) is 6. The van der Waals surface area contributed by atoms with Crippen LogP contribution in [-0.4, -0.2) is 44.6 Å². The van der Waals surface area contributed by atoms with E-state index in [1.54, 1.807) is 24.3 Å². The molecule has 0 unspecified atom stereocenters. The number of nitrogens with one attached hydrogen (secondary N) is 2. The van der Waals surface area contributed by atoms with Crippen molar-refractivity contribution >= 4 is 43.6 Å². The first-order valence-corrected chi connectivity index (χ1v) is 11.3. The van der Waals surface area contributed by atoms with E-state index in [-0.39, 0.29) is 23.0 Å². The summed E-state index contributed by atoms with van der Waals surface area (Å²) >= 11 is 0. The van der Waals surface area contributed by atoms with Gasteiger partial charge in [-0.25, -0.2) is 0 Å². The fraction of sp³-hybridized carbons (Fsp3) is 0.143. The summed E-state index contributed by atoms with van der Waals surface area (Å²) in [7, 11) is 2.97. The van der Waals surface area contributed by atoms with Gasteiger partial charge in [0.05, 0.1) is 36.3 Å². The van der Waals surface area contributed by atoms with Crippen LogP contribution in [0.3, 0.4) is 0 Å². The van der Waals surface area contributed by atoms with Crippen molar-refractivity contribution < 1.29 is 29.9 Å². The van der Waals surface area contributed by atoms with Crippen molar-refractivity contribution in [1.82, 2.24) is 9.97 Å². The van der Waals surface area contributed by atoms with E-state index in [2.05, 4.69) is 9.97 Å². The molecule has 0 radical (unpaired) electrons. The van der Waals surface area contributed by atoms with Gasteiger partial charge in [0.25, 0.3) is 0 Å². The van der Waals surface area contributed by atoms with Gasteiger partial charge in [-0.05, 0) is 49.2 Å². The zero-order valence-electron chi connectivity index (χ0n) is 20.1. The molecule has 0 fully saturated rings. The Hall–Kier alpha value is -4.72. The molecule has 0 saturated heterocycles. The molecule has 0 saturated carbocycles. The van der Waals surface area contributed by atoms with Crippen LogP contribution in [0.2, 0.25) is 0 Å². The largest absolute Gasteiger partial charge is 0.505 e. The van der Waals surface area contributed by atoms with Crippen LogP contribution in [0, 0.1) is 13.8 Å². The lowest BCUT2D eigenvalue weighted by Gasteiger charge is -2.15. The van der Waals surface area contributed by atoms with Crippen LogP contribution >= 0.6 is 0 Å². The quantitative estimate of drug-likeness (QED) is 0.180. The van der Waals surface area contributed by atoms with Crippen LogP contribution in [-0.2, 0) is 0 Å². The van der Waals surface area contributed by atoms with Crippen LogP contribution in [0.5, 0.6) is 34.5 Å². The van der Waals surface area contributed by atoms with Gasteiger partial charge in [0.1, 0.15) is 11.5 Å². The molecule has 8 nitrogen and oxygen atoms in total. The fourth-order valence-corrected chi connectivity index (χ4v) is 5.29. The molecule has 0 aliphatic carbocycles. The lowest BCUT2D eigenvalue weighted by molar-refractivity contribution is 0.374. The van der Waals surface area contributed by atoms with Crippen molar-refractivity contribution in [3.05, 3.63) is 47.5 Å². The second kappa shape index (κ2) is 7.39. The first-order valence-electron chi connectivity index (χ1n) is 11.3. The van der Waals surface area contributed by atoms with Gasteiger partial charge in [-0.1, -0.05) is 0 Å². The number of aromatic hydroxyl groups is 4. The predicted octanol–water partition coefficient (Wildman–Crippen LogP) is 6.08. The van der Waals surface area contributed by atoms with Gasteiger partial charge in [-0.2, -0.15) is 0 Å². The average molecular weight is 485 g/mol. The molecule has 8 heteroatoms. The lowest BCUT2D eigenvalue weighted by Crippen LogP contribution is -1.91. The summed E-state index contributed by atoms with van der Waals surface area (Å²) in [6.07, 6.45) is 0. The third-order valence-corrected chi connectivity index (χ3v) is 6.98. The van der Waals surface area contributed by atoms with Crippen molar-refractivity contribution in [2.75, 3.05) is 14.2 Å². The Morgan fingerprint density at radius 2 is 0.944 bits per heavy atom. The van der Waals surface area contributed by atoms with Crippen molar-refractivity contribution in [3.63, 3.8) is 0 Å². The Balaban J connectivity index is 1.66. The van der Waals surface area contributed by atoms with E-state index in [1.165, 1.54) is 14.2 Å². The molecule has 0 amide bonds. The molecule has 2 heterocycles. The molecular weight excluding hydrogens is 460 g/mol. The summed E-state index contributed by atoms with van der Waals surface area (Å²) in [6.45, 7) is 3.75. The van der Waals surface area contributed by atoms with Crippen LogP contribution in [0.4, 0.5) is 0 Å². The lowest BCUT2D eigenvalue weighted by atomic mass is 9.91. The molecule has 2 aromatic heterocycles. The Labute approximate surface area is 204 Å². The number of rotatable bonds is 3. The summed E-state index contributed by atoms with van der Waals surface area (Å²) < 4.78 is 10.5. The number of phenols is 4. The first-order chi connectivity index (χ1) is 17.2. The van der Waals surface area contributed by atoms with E-state index in [0.29, 0.717) is 44.7 Å². The maximum Gasteiger partial charge on any atom is 0.161 e. The SMILES string of the molecule is COc1cc2c(cc1O)[nH]c1c(O)c(-c3c(C)cc4c([nH]c5cc(O)c(OC)cc54)c3O)c(C)cc12. The van der Waals surface area contributed by atoms with Gasteiger partial charge >= 0.3 is 0 Å². The van der Waals surface area contributed by atoms with E-state index in [9.17, 15) is 20.4 Å². The topological polar surface area (TPSA) is 131 Å². The number of fused-ring (bicyclic) bond motifs is 6. The highest BCUT2D eigenvalue weighted by atomic mass is 16.5. The number of ether oxygens (including phenoxy) is 2. The first kappa shape index (κ1) is 21.8. The zero-order chi connectivity index (χ0) is 25.5. The third kappa shape index (κ3) is 2.81. The smallest absolute Gasteiger partial charge is 0.161 e. The van der Waals surface area contributed by atoms with E-state index < -0.39 is 0 Å². The van der Waals surface area contributed by atoms with Crippen LogP contribution in [0.1, 0.15) is 11.1 Å². The van der Waals surface area contributed by atoms with Crippen molar-refractivity contribution in [2.45, 2.75) is 13.8 Å². The van der Waals surface area contributed by atoms with Gasteiger partial charge in [0, 0.05) is 44.8 Å². The van der Waals surface area contributed by atoms with E-state index in [4.69, 9.17) is 9.47 Å². The Kier molecular flexibility index (Phi) is 4.47. The Bertz CT molecular complexity index is 1740. The highest BCUT2D eigenvalue weighted by Gasteiger charge is 2.24. The average Bonchev–Trinajstić information content (AvgIpc) is 3.37. The third-order valence-electron chi connectivity index (χ3n) is 6.98. The van der Waals surface area contributed by atoms with Gasteiger partial charge in [0.2, 0.25) is 0 Å². The van der Waals surface area contributed by atoms with Crippen molar-refractivity contribution in [1.29, 1.82) is 0 Å². The monoisotopic (exact) mass is 484 g/mol. The van der Waals surface area contributed by atoms with Gasteiger partial charge in [-0.3, -0.25) is 0 Å². The van der Waals surface area contributed by atoms with Crippen molar-refractivity contribution in [3.8, 4) is 45.6 Å². The molecule has 0 atom stereocenters. The number of benzene rings is 4. The minimum absolute atomic E-state index is 0.00610. The molecule has 6 N–H and O–H groups in total. The molecule has 0 aliphatic rings. The normalized spacial score (nSPS) is 11.8. The van der Waals surface area contributed by atoms with E-state index in [1.807, 2.05) is 26.0 Å². The Morgan fingerprint density at radius 3 is 1.31 bits per heavy atom. The maximum atomic E-state index is 11.5. The summed E-state index contributed by atoms with van der Waals surface area (Å²) in [4.78, 5) is 6.39. The van der Waals surface area contributed by atoms with Gasteiger partial charge < -0.3 is 39.9 Å². The second-order valence-corrected chi connectivity index (χ2v) is 9.07. The number of aryl methyl sites for hydroxylation is 2. The number of methoxy groups -OCH3 is 2. The molecule has 36 heavy (non-hydrogen) atoms. The van der Waals surface area contributed by atoms with Crippen molar-refractivity contribution in [2.24, 2.45) is 0 Å². The highest BCUT2D eigenvalue weighted by Crippen LogP contribution is 2.49. The number of H-pyrrole nitrogens is 2. The molecule has 0 aliphatic heterocycles. The van der Waals surface area contributed by atoms with Gasteiger partial charge in [-0.15, -0.1) is 0 Å². The second-order valence-electron chi connectivity index (χ2n) is 9.07. The number of hydrogen-bond acceptors (Lipinski definition) is 6. The predicted molar refractivity (Wildman–Crippen MR) is 140 cm³/mol. The molecule has 6 rings (SSSR count). The summed E-state index contributed by atoms with van der Waals surface area (Å²) in [5.41, 5.74) is 4.81. The maximum absolute atomic E-state index is 11.5. The fourth-order valence-electron chi connectivity index (χ4n) is 5.29. The summed E-state index contributed by atoms with van der Waals surface area (Å²) in [6, 6.07) is 10.5. The molecule has 0 spiro atoms. The molecule has 4 aromatic carbocycles. The van der Waals surface area contributed by atoms with Crippen LogP contribution in [0.15, 0.2) is 36.4 Å². The summed E-state index contributed by atoms with van der Waals surface area (Å²) in [5.74, 6) is 0.651. The zero-order valence-corrected chi connectivity index (χ0v) is 20.1. The number of phenolic OH excluding ortho intramolecular Hbond substituents is 4. The van der Waals surface area contributed by atoms with Crippen LogP contribution in [0.25, 0.3) is 54.7 Å². The van der Waals surface area contributed by atoms with Gasteiger partial charge in [0.15, 0.2) is 23.0 Å². The van der Waals surface area contributed by atoms with E-state index >= 15 is 0 Å². The molecule has 182 valence electrons. The molecule has 0 bridgehead atoms. The summed E-state index contributed by atoms with van der Waals surface area (Å²) in [5, 5.41) is 46.4. The Morgan fingerprint density at radius 1 is 0.556 bits per heavy atom. The minimum Gasteiger partial charge on any atom is -0.505 e. The molecule has 6 aromatic rings. The van der Waals surface area contributed by atoms with E-state index in [0.717, 1.165) is 32.7 Å². The number of aromatic nitrogens is 2.